The van der Waals surface area contributed by atoms with Gasteiger partial charge in [-0.15, -0.1) is 0 Å². The standard InChI is InChI=1S/C32H24N4O5S2/c1-41-21-13-11-20(12-14-21)36-29(38)26-25(19-8-5-15-33-16-19)28-31(42-27(26)30(36)39)35(32(40)43-28)17-24(37)34-23-10-4-7-18-6-2-3-9-22(18)23/h2-16,25-27H,17H2,1H3,(H,34,37). The molecule has 5 aromatic rings. The molecule has 11 heteroatoms. The number of methoxy groups -OCH3 is 1. The van der Waals surface area contributed by atoms with E-state index in [0.29, 0.717) is 27.0 Å². The first-order valence-electron chi connectivity index (χ1n) is 13.5. The summed E-state index contributed by atoms with van der Waals surface area (Å²) >= 11 is 2.18. The van der Waals surface area contributed by atoms with Crippen LogP contribution in [0.2, 0.25) is 0 Å². The van der Waals surface area contributed by atoms with Gasteiger partial charge in [-0.1, -0.05) is 65.6 Å². The normalized spacial score (nSPS) is 19.3. The van der Waals surface area contributed by atoms with E-state index in [4.69, 9.17) is 4.74 Å². The van der Waals surface area contributed by atoms with Gasteiger partial charge in [-0.3, -0.25) is 28.7 Å². The van der Waals surface area contributed by atoms with Crippen LogP contribution >= 0.6 is 23.1 Å². The van der Waals surface area contributed by atoms with Crippen molar-refractivity contribution in [2.75, 3.05) is 17.3 Å². The second-order valence-corrected chi connectivity index (χ2v) is 12.4. The first kappa shape index (κ1) is 27.1. The van der Waals surface area contributed by atoms with Gasteiger partial charge in [0.05, 0.1) is 23.7 Å². The van der Waals surface area contributed by atoms with E-state index in [2.05, 4.69) is 10.3 Å². The molecule has 2 aliphatic rings. The fourth-order valence-electron chi connectivity index (χ4n) is 5.83. The number of fused-ring (bicyclic) bond motifs is 3. The monoisotopic (exact) mass is 608 g/mol. The van der Waals surface area contributed by atoms with Crippen molar-refractivity contribution in [3.8, 4) is 5.75 Å². The zero-order valence-electron chi connectivity index (χ0n) is 22.8. The van der Waals surface area contributed by atoms with Crippen molar-refractivity contribution in [2.45, 2.75) is 22.7 Å². The van der Waals surface area contributed by atoms with Gasteiger partial charge in [0.25, 0.3) is 0 Å². The van der Waals surface area contributed by atoms with Crippen LogP contribution in [-0.2, 0) is 20.9 Å². The zero-order valence-corrected chi connectivity index (χ0v) is 24.4. The van der Waals surface area contributed by atoms with Gasteiger partial charge >= 0.3 is 4.87 Å². The Kier molecular flexibility index (Phi) is 6.83. The number of pyridine rings is 1. The SMILES string of the molecule is COc1ccc(N2C(=O)C3Sc4c(sc(=O)n4CC(=O)Nc4cccc5ccccc45)C(c4cccnc4)C3C2=O)cc1. The highest BCUT2D eigenvalue weighted by Gasteiger charge is 2.56. The van der Waals surface area contributed by atoms with E-state index in [1.165, 1.54) is 21.2 Å². The molecular formula is C32H24N4O5S2. The van der Waals surface area contributed by atoms with Crippen molar-refractivity contribution in [3.05, 3.63) is 111 Å². The lowest BCUT2D eigenvalue weighted by Crippen LogP contribution is -2.33. The Morgan fingerprint density at radius 3 is 2.51 bits per heavy atom. The highest BCUT2D eigenvalue weighted by molar-refractivity contribution is 8.00. The smallest absolute Gasteiger partial charge is 0.308 e. The molecule has 3 aromatic carbocycles. The third-order valence-corrected chi connectivity index (χ3v) is 10.4. The molecule has 2 aliphatic heterocycles. The maximum Gasteiger partial charge on any atom is 0.308 e. The van der Waals surface area contributed by atoms with E-state index in [0.717, 1.165) is 27.7 Å². The number of imide groups is 1. The molecule has 0 saturated carbocycles. The molecule has 0 bridgehead atoms. The highest BCUT2D eigenvalue weighted by Crippen LogP contribution is 2.53. The second-order valence-electron chi connectivity index (χ2n) is 10.2. The topological polar surface area (TPSA) is 111 Å². The van der Waals surface area contributed by atoms with Crippen LogP contribution in [0.3, 0.4) is 0 Å². The van der Waals surface area contributed by atoms with Crippen LogP contribution in [0.25, 0.3) is 10.8 Å². The minimum atomic E-state index is -0.784. The average molecular weight is 609 g/mol. The number of carbonyl (C=O) groups is 3. The first-order valence-corrected chi connectivity index (χ1v) is 15.2. The van der Waals surface area contributed by atoms with Crippen LogP contribution < -0.4 is 19.8 Å². The van der Waals surface area contributed by atoms with Gasteiger partial charge in [-0.05, 0) is 47.3 Å². The lowest BCUT2D eigenvalue weighted by Gasteiger charge is -2.30. The van der Waals surface area contributed by atoms with E-state index in [1.54, 1.807) is 49.8 Å². The predicted molar refractivity (Wildman–Crippen MR) is 166 cm³/mol. The Labute approximate surface area is 254 Å². The number of carbonyl (C=O) groups excluding carboxylic acids is 3. The molecule has 3 atom stereocenters. The third kappa shape index (κ3) is 4.61. The largest absolute Gasteiger partial charge is 0.497 e. The fourth-order valence-corrected chi connectivity index (χ4v) is 8.60. The average Bonchev–Trinajstić information content (AvgIpc) is 3.47. The summed E-state index contributed by atoms with van der Waals surface area (Å²) in [6, 6.07) is 23.7. The number of anilines is 2. The molecule has 0 radical (unpaired) electrons. The van der Waals surface area contributed by atoms with Crippen molar-refractivity contribution >= 4 is 63.0 Å². The van der Waals surface area contributed by atoms with Crippen molar-refractivity contribution < 1.29 is 19.1 Å². The molecule has 2 aromatic heterocycles. The molecule has 1 N–H and O–H groups in total. The lowest BCUT2D eigenvalue weighted by molar-refractivity contribution is -0.122. The number of nitrogens with one attached hydrogen (secondary N) is 1. The second kappa shape index (κ2) is 10.8. The number of thiazole rings is 1. The van der Waals surface area contributed by atoms with Crippen LogP contribution in [0.1, 0.15) is 16.4 Å². The molecule has 43 heavy (non-hydrogen) atoms. The molecule has 0 spiro atoms. The van der Waals surface area contributed by atoms with Gasteiger partial charge in [0.1, 0.15) is 17.5 Å². The summed E-state index contributed by atoms with van der Waals surface area (Å²) in [6.07, 6.45) is 3.30. The van der Waals surface area contributed by atoms with Crippen molar-refractivity contribution in [1.82, 2.24) is 9.55 Å². The lowest BCUT2D eigenvalue weighted by atomic mass is 9.84. The molecule has 1 fully saturated rings. The molecule has 3 unspecified atom stereocenters. The van der Waals surface area contributed by atoms with Gasteiger partial charge in [-0.25, -0.2) is 4.90 Å². The summed E-state index contributed by atoms with van der Waals surface area (Å²) in [7, 11) is 1.55. The number of ether oxygens (including phenoxy) is 1. The number of aromatic nitrogens is 2. The number of amides is 3. The van der Waals surface area contributed by atoms with Gasteiger partial charge in [-0.2, -0.15) is 0 Å². The number of hydrogen-bond donors (Lipinski definition) is 1. The summed E-state index contributed by atoms with van der Waals surface area (Å²) in [5.74, 6) is -1.78. The number of hydrogen-bond acceptors (Lipinski definition) is 8. The van der Waals surface area contributed by atoms with Crippen LogP contribution in [0, 0.1) is 5.92 Å². The van der Waals surface area contributed by atoms with Crippen LogP contribution in [0.4, 0.5) is 11.4 Å². The third-order valence-electron chi connectivity index (χ3n) is 7.79. The first-order chi connectivity index (χ1) is 20.9. The number of rotatable bonds is 6. The Morgan fingerprint density at radius 1 is 0.953 bits per heavy atom. The summed E-state index contributed by atoms with van der Waals surface area (Å²) in [4.78, 5) is 60.4. The van der Waals surface area contributed by atoms with E-state index in [-0.39, 0.29) is 29.1 Å². The summed E-state index contributed by atoms with van der Waals surface area (Å²) < 4.78 is 6.65. The van der Waals surface area contributed by atoms with E-state index < -0.39 is 17.1 Å². The number of benzene rings is 3. The number of nitrogens with zero attached hydrogens (tertiary/aromatic N) is 3. The minimum absolute atomic E-state index is 0.234. The van der Waals surface area contributed by atoms with Crippen LogP contribution in [-0.4, -0.2) is 39.6 Å². The summed E-state index contributed by atoms with van der Waals surface area (Å²) in [5.41, 5.74) is 1.82. The van der Waals surface area contributed by atoms with Crippen LogP contribution in [0.15, 0.2) is 101 Å². The Morgan fingerprint density at radius 2 is 1.74 bits per heavy atom. The van der Waals surface area contributed by atoms with Gasteiger partial charge < -0.3 is 10.1 Å². The molecule has 214 valence electrons. The predicted octanol–water partition coefficient (Wildman–Crippen LogP) is 4.90. The van der Waals surface area contributed by atoms with Crippen molar-refractivity contribution in [3.63, 3.8) is 0 Å². The van der Waals surface area contributed by atoms with E-state index in [9.17, 15) is 19.2 Å². The van der Waals surface area contributed by atoms with Gasteiger partial charge in [0.2, 0.25) is 17.7 Å². The van der Waals surface area contributed by atoms with E-state index in [1.807, 2.05) is 48.5 Å². The quantitative estimate of drug-likeness (QED) is 0.273. The molecule has 3 amide bonds. The molecule has 1 saturated heterocycles. The molecular weight excluding hydrogens is 585 g/mol. The van der Waals surface area contributed by atoms with Crippen molar-refractivity contribution in [1.29, 1.82) is 0 Å². The molecule has 9 nitrogen and oxygen atoms in total. The minimum Gasteiger partial charge on any atom is -0.497 e. The van der Waals surface area contributed by atoms with Crippen molar-refractivity contribution in [2.24, 2.45) is 5.92 Å². The Hall–Kier alpha value is -4.74. The fraction of sp³-hybridized carbons (Fsp3) is 0.156. The maximum atomic E-state index is 14.0. The Balaban J connectivity index is 1.26. The van der Waals surface area contributed by atoms with Gasteiger partial charge in [0, 0.05) is 34.3 Å². The number of thioether (sulfide) groups is 1. The maximum absolute atomic E-state index is 14.0. The molecule has 7 rings (SSSR count). The molecule has 0 aliphatic carbocycles. The molecule has 4 heterocycles. The summed E-state index contributed by atoms with van der Waals surface area (Å²) in [6.45, 7) is -0.234. The highest BCUT2D eigenvalue weighted by atomic mass is 32.2. The van der Waals surface area contributed by atoms with Gasteiger partial charge in [0.15, 0.2) is 0 Å². The summed E-state index contributed by atoms with van der Waals surface area (Å²) in [5, 5.41) is 4.56. The van der Waals surface area contributed by atoms with E-state index >= 15 is 0 Å². The Bertz CT molecular complexity index is 1950. The zero-order chi connectivity index (χ0) is 29.7. The van der Waals surface area contributed by atoms with Crippen LogP contribution in [0.5, 0.6) is 5.75 Å².